The van der Waals surface area contributed by atoms with Crippen LogP contribution in [0.25, 0.3) is 0 Å². The van der Waals surface area contributed by atoms with E-state index < -0.39 is 11.5 Å². The lowest BCUT2D eigenvalue weighted by Gasteiger charge is -2.35. The number of amides is 2. The van der Waals surface area contributed by atoms with E-state index in [1.807, 2.05) is 34.6 Å². The van der Waals surface area contributed by atoms with Crippen molar-refractivity contribution in [2.75, 3.05) is 26.8 Å². The van der Waals surface area contributed by atoms with Crippen LogP contribution in [-0.4, -0.2) is 54.4 Å². The summed E-state index contributed by atoms with van der Waals surface area (Å²) in [5, 5.41) is 11.7. The summed E-state index contributed by atoms with van der Waals surface area (Å²) in [6.07, 6.45) is 0.818. The predicted octanol–water partition coefficient (Wildman–Crippen LogP) is 1.94. The maximum absolute atomic E-state index is 12.2. The Labute approximate surface area is 121 Å². The van der Waals surface area contributed by atoms with Crippen molar-refractivity contribution in [3.8, 4) is 0 Å². The van der Waals surface area contributed by atoms with Crippen LogP contribution in [0.15, 0.2) is 0 Å². The first kappa shape index (κ1) is 18.7. The molecule has 6 nitrogen and oxygen atoms in total. The number of rotatable bonds is 7. The number of carboxylic acid groups (broad SMARTS) is 1. The SMILES string of the molecule is COCCC(C)(C)CNC(=O)N(CC(=O)O)C(C)(C)C. The summed E-state index contributed by atoms with van der Waals surface area (Å²) in [5.41, 5.74) is -0.641. The van der Waals surface area contributed by atoms with E-state index in [0.717, 1.165) is 6.42 Å². The molecular formula is C14H28N2O4. The fourth-order valence-electron chi connectivity index (χ4n) is 1.63. The van der Waals surface area contributed by atoms with Crippen molar-refractivity contribution in [2.24, 2.45) is 5.41 Å². The molecule has 0 saturated carbocycles. The average molecular weight is 288 g/mol. The van der Waals surface area contributed by atoms with E-state index in [4.69, 9.17) is 9.84 Å². The van der Waals surface area contributed by atoms with E-state index in [9.17, 15) is 9.59 Å². The lowest BCUT2D eigenvalue weighted by atomic mass is 9.90. The van der Waals surface area contributed by atoms with Gasteiger partial charge in [0.2, 0.25) is 0 Å². The first-order valence-corrected chi connectivity index (χ1v) is 6.76. The molecule has 6 heteroatoms. The summed E-state index contributed by atoms with van der Waals surface area (Å²) in [4.78, 5) is 24.4. The number of carboxylic acids is 1. The summed E-state index contributed by atoms with van der Waals surface area (Å²) >= 11 is 0. The number of methoxy groups -OCH3 is 1. The zero-order valence-electron chi connectivity index (χ0n) is 13.4. The molecular weight excluding hydrogens is 260 g/mol. The van der Waals surface area contributed by atoms with Gasteiger partial charge in [0, 0.05) is 25.8 Å². The van der Waals surface area contributed by atoms with E-state index in [0.29, 0.717) is 13.2 Å². The molecule has 0 aromatic carbocycles. The molecule has 0 spiro atoms. The van der Waals surface area contributed by atoms with Gasteiger partial charge in [-0.05, 0) is 32.6 Å². The van der Waals surface area contributed by atoms with Crippen molar-refractivity contribution in [1.82, 2.24) is 10.2 Å². The highest BCUT2D eigenvalue weighted by Gasteiger charge is 2.29. The Morgan fingerprint density at radius 2 is 1.75 bits per heavy atom. The molecule has 0 saturated heterocycles. The molecule has 118 valence electrons. The van der Waals surface area contributed by atoms with Gasteiger partial charge in [-0.1, -0.05) is 13.8 Å². The fraction of sp³-hybridized carbons (Fsp3) is 0.857. The van der Waals surface area contributed by atoms with Crippen LogP contribution < -0.4 is 5.32 Å². The Balaban J connectivity index is 4.58. The highest BCUT2D eigenvalue weighted by atomic mass is 16.5. The zero-order valence-corrected chi connectivity index (χ0v) is 13.4. The normalized spacial score (nSPS) is 12.1. The van der Waals surface area contributed by atoms with Gasteiger partial charge in [-0.2, -0.15) is 0 Å². The molecule has 20 heavy (non-hydrogen) atoms. The first-order valence-electron chi connectivity index (χ1n) is 6.76. The number of nitrogens with zero attached hydrogens (tertiary/aromatic N) is 1. The highest BCUT2D eigenvalue weighted by molar-refractivity contribution is 5.80. The monoisotopic (exact) mass is 288 g/mol. The van der Waals surface area contributed by atoms with Crippen LogP contribution in [0.4, 0.5) is 4.79 Å². The Kier molecular flexibility index (Phi) is 6.99. The first-order chi connectivity index (χ1) is 8.99. The van der Waals surface area contributed by atoms with Crippen molar-refractivity contribution in [3.63, 3.8) is 0 Å². The number of hydrogen-bond donors (Lipinski definition) is 2. The number of nitrogens with one attached hydrogen (secondary N) is 1. The van der Waals surface area contributed by atoms with Gasteiger partial charge >= 0.3 is 12.0 Å². The van der Waals surface area contributed by atoms with Crippen molar-refractivity contribution in [1.29, 1.82) is 0 Å². The van der Waals surface area contributed by atoms with E-state index in [1.54, 1.807) is 7.11 Å². The van der Waals surface area contributed by atoms with Crippen LogP contribution >= 0.6 is 0 Å². The molecule has 2 N–H and O–H groups in total. The third-order valence-corrected chi connectivity index (χ3v) is 3.05. The van der Waals surface area contributed by atoms with Crippen molar-refractivity contribution >= 4 is 12.0 Å². The van der Waals surface area contributed by atoms with Gasteiger partial charge in [0.1, 0.15) is 6.54 Å². The Morgan fingerprint density at radius 1 is 1.20 bits per heavy atom. The van der Waals surface area contributed by atoms with Crippen LogP contribution in [0, 0.1) is 5.41 Å². The van der Waals surface area contributed by atoms with Gasteiger partial charge in [0.15, 0.2) is 0 Å². The van der Waals surface area contributed by atoms with Gasteiger partial charge in [-0.15, -0.1) is 0 Å². The zero-order chi connectivity index (χ0) is 16.0. The number of carbonyl (C=O) groups excluding carboxylic acids is 1. The topological polar surface area (TPSA) is 78.9 Å². The molecule has 0 rings (SSSR count). The molecule has 0 aromatic rings. The molecule has 0 aliphatic rings. The second-order valence-corrected chi connectivity index (χ2v) is 6.72. The highest BCUT2D eigenvalue weighted by Crippen LogP contribution is 2.19. The molecule has 2 amide bonds. The van der Waals surface area contributed by atoms with E-state index in [-0.39, 0.29) is 18.0 Å². The van der Waals surface area contributed by atoms with Gasteiger partial charge in [0.05, 0.1) is 0 Å². The summed E-state index contributed by atoms with van der Waals surface area (Å²) in [6, 6.07) is -0.356. The molecule has 0 aliphatic carbocycles. The molecule has 0 fully saturated rings. The van der Waals surface area contributed by atoms with Crippen LogP contribution in [-0.2, 0) is 9.53 Å². The molecule has 0 radical (unpaired) electrons. The van der Waals surface area contributed by atoms with Crippen LogP contribution in [0.1, 0.15) is 41.0 Å². The summed E-state index contributed by atoms with van der Waals surface area (Å²) < 4.78 is 5.04. The van der Waals surface area contributed by atoms with Crippen molar-refractivity contribution < 1.29 is 19.4 Å². The van der Waals surface area contributed by atoms with Crippen molar-refractivity contribution in [2.45, 2.75) is 46.6 Å². The van der Waals surface area contributed by atoms with E-state index in [2.05, 4.69) is 5.32 Å². The second-order valence-electron chi connectivity index (χ2n) is 6.72. The average Bonchev–Trinajstić information content (AvgIpc) is 2.29. The number of aliphatic carboxylic acids is 1. The predicted molar refractivity (Wildman–Crippen MR) is 77.8 cm³/mol. The quantitative estimate of drug-likeness (QED) is 0.750. The van der Waals surface area contributed by atoms with Crippen molar-refractivity contribution in [3.05, 3.63) is 0 Å². The van der Waals surface area contributed by atoms with Gasteiger partial charge in [0.25, 0.3) is 0 Å². The summed E-state index contributed by atoms with van der Waals surface area (Å²) in [5.74, 6) is -1.02. The van der Waals surface area contributed by atoms with E-state index >= 15 is 0 Å². The number of ether oxygens (including phenoxy) is 1. The minimum Gasteiger partial charge on any atom is -0.480 e. The minimum atomic E-state index is -1.02. The largest absolute Gasteiger partial charge is 0.480 e. The third-order valence-electron chi connectivity index (χ3n) is 3.05. The molecule has 0 heterocycles. The Morgan fingerprint density at radius 3 is 2.15 bits per heavy atom. The maximum Gasteiger partial charge on any atom is 0.323 e. The second kappa shape index (κ2) is 7.47. The minimum absolute atomic E-state index is 0.0988. The smallest absolute Gasteiger partial charge is 0.323 e. The maximum atomic E-state index is 12.2. The van der Waals surface area contributed by atoms with E-state index in [1.165, 1.54) is 4.90 Å². The van der Waals surface area contributed by atoms with Gasteiger partial charge in [-0.25, -0.2) is 4.79 Å². The molecule has 0 atom stereocenters. The Hall–Kier alpha value is -1.30. The van der Waals surface area contributed by atoms with Crippen LogP contribution in [0.3, 0.4) is 0 Å². The van der Waals surface area contributed by atoms with Gasteiger partial charge < -0.3 is 20.1 Å². The standard InChI is InChI=1S/C14H28N2O4/c1-13(2,3)16(9-11(17)18)12(19)15-10-14(4,5)7-8-20-6/h7-10H2,1-6H3,(H,15,19)(H,17,18). The number of carbonyl (C=O) groups is 2. The van der Waals surface area contributed by atoms with Gasteiger partial charge in [-0.3, -0.25) is 4.79 Å². The lowest BCUT2D eigenvalue weighted by Crippen LogP contribution is -2.53. The lowest BCUT2D eigenvalue weighted by molar-refractivity contribution is -0.138. The Bertz CT molecular complexity index is 335. The number of hydrogen-bond acceptors (Lipinski definition) is 3. The molecule has 0 bridgehead atoms. The molecule has 0 aromatic heterocycles. The molecule has 0 aliphatic heterocycles. The summed E-state index contributed by atoms with van der Waals surface area (Å²) in [6.45, 7) is 10.3. The molecule has 0 unspecified atom stereocenters. The van der Waals surface area contributed by atoms with Crippen LogP contribution in [0.5, 0.6) is 0 Å². The fourth-order valence-corrected chi connectivity index (χ4v) is 1.63. The third kappa shape index (κ3) is 7.33. The van der Waals surface area contributed by atoms with Crippen LogP contribution in [0.2, 0.25) is 0 Å². The number of urea groups is 1. The summed E-state index contributed by atoms with van der Waals surface area (Å²) in [7, 11) is 1.64.